The number of rotatable bonds is 6. The number of anilines is 3. The third kappa shape index (κ3) is 7.08. The van der Waals surface area contributed by atoms with Crippen molar-refractivity contribution in [1.82, 2.24) is 19.5 Å². The van der Waals surface area contributed by atoms with E-state index in [1.165, 1.54) is 12.4 Å². The van der Waals surface area contributed by atoms with E-state index in [0.29, 0.717) is 29.2 Å². The van der Waals surface area contributed by atoms with E-state index in [1.807, 2.05) is 0 Å². The summed E-state index contributed by atoms with van der Waals surface area (Å²) in [5.41, 5.74) is 7.39. The summed E-state index contributed by atoms with van der Waals surface area (Å²) in [4.78, 5) is 25.4. The molecular weight excluding hydrogens is 556 g/mol. The van der Waals surface area contributed by atoms with Crippen molar-refractivity contribution in [3.8, 4) is 5.69 Å². The molecule has 2 heterocycles. The van der Waals surface area contributed by atoms with E-state index in [1.54, 1.807) is 35.2 Å². The smallest absolute Gasteiger partial charge is 0.367 e. The molecule has 2 amide bonds. The summed E-state index contributed by atoms with van der Waals surface area (Å²) in [5.74, 6) is 0.569. The van der Waals surface area contributed by atoms with Gasteiger partial charge < -0.3 is 21.7 Å². The highest BCUT2D eigenvalue weighted by molar-refractivity contribution is 6.31. The molecule has 0 aliphatic rings. The molecule has 9 nitrogen and oxygen atoms in total. The zero-order valence-electron chi connectivity index (χ0n) is 21.2. The number of nitrogens with zero attached hydrogens (tertiary/aromatic N) is 4. The van der Waals surface area contributed by atoms with Crippen LogP contribution in [0.15, 0.2) is 55.1 Å². The zero-order chi connectivity index (χ0) is 27.7. The number of benzene rings is 2. The molecule has 0 aliphatic heterocycles. The van der Waals surface area contributed by atoms with Gasteiger partial charge in [-0.15, -0.1) is 12.4 Å². The summed E-state index contributed by atoms with van der Waals surface area (Å²) in [6.07, 6.45) is -1.59. The maximum atomic E-state index is 13.1. The number of hydrogen-bond donors (Lipinski definition) is 4. The van der Waals surface area contributed by atoms with E-state index in [9.17, 15) is 18.0 Å². The van der Waals surface area contributed by atoms with Crippen LogP contribution in [-0.2, 0) is 6.18 Å². The number of urea groups is 1. The van der Waals surface area contributed by atoms with Crippen LogP contribution in [-0.4, -0.2) is 38.1 Å². The minimum Gasteiger partial charge on any atom is -0.367 e. The van der Waals surface area contributed by atoms with Gasteiger partial charge >= 0.3 is 12.2 Å². The molecule has 4 aromatic rings. The number of nitrogens with one attached hydrogen (secondary N) is 3. The minimum absolute atomic E-state index is 0. The quantitative estimate of drug-likeness (QED) is 0.210. The van der Waals surface area contributed by atoms with Crippen LogP contribution in [0.25, 0.3) is 16.9 Å². The van der Waals surface area contributed by atoms with Crippen molar-refractivity contribution in [1.29, 1.82) is 0 Å². The number of carbonyl (C=O) groups excluding carboxylic acids is 1. The normalized spacial score (nSPS) is 12.5. The Labute approximate surface area is 233 Å². The summed E-state index contributed by atoms with van der Waals surface area (Å²) in [5, 5.41) is 7.76. The fraction of sp³-hybridized carbons (Fsp3) is 0.280. The third-order valence-corrected chi connectivity index (χ3v) is 6.20. The van der Waals surface area contributed by atoms with Crippen molar-refractivity contribution in [2.24, 2.45) is 11.1 Å². The molecule has 0 fully saturated rings. The van der Waals surface area contributed by atoms with Crippen LogP contribution in [0.4, 0.5) is 35.2 Å². The standard InChI is InChI=1S/C25H26ClF3N8O.ClH/c1-24(2,3)19(30)11-31-21-20-22(33-12-32-21)37(13-34-20)16-7-4-14(5-8-16)35-23(38)36-15-6-9-18(26)17(10-15)25(27,28)29;/h4-10,12-13,19H,11,30H2,1-3H3,(H,31,32,33)(H2,35,36,38);1H/t19-;/m1./s1. The number of imidazole rings is 1. The van der Waals surface area contributed by atoms with Gasteiger partial charge in [-0.05, 0) is 47.9 Å². The molecule has 0 bridgehead atoms. The maximum Gasteiger partial charge on any atom is 0.417 e. The number of carbonyl (C=O) groups is 1. The first kappa shape index (κ1) is 29.9. The highest BCUT2D eigenvalue weighted by Crippen LogP contribution is 2.36. The molecule has 5 N–H and O–H groups in total. The lowest BCUT2D eigenvalue weighted by Crippen LogP contribution is -2.41. The number of amides is 2. The maximum absolute atomic E-state index is 13.1. The molecule has 0 aliphatic carbocycles. The lowest BCUT2D eigenvalue weighted by molar-refractivity contribution is -0.137. The van der Waals surface area contributed by atoms with Crippen molar-refractivity contribution in [2.75, 3.05) is 22.5 Å². The summed E-state index contributed by atoms with van der Waals surface area (Å²) in [7, 11) is 0. The summed E-state index contributed by atoms with van der Waals surface area (Å²) >= 11 is 5.62. The molecule has 2 aromatic carbocycles. The van der Waals surface area contributed by atoms with E-state index >= 15 is 0 Å². The second-order valence-electron chi connectivity index (χ2n) is 9.68. The summed E-state index contributed by atoms with van der Waals surface area (Å²) < 4.78 is 41.0. The van der Waals surface area contributed by atoms with Crippen molar-refractivity contribution < 1.29 is 18.0 Å². The van der Waals surface area contributed by atoms with Crippen molar-refractivity contribution in [2.45, 2.75) is 33.0 Å². The number of nitrogens with two attached hydrogens (primary N) is 1. The van der Waals surface area contributed by atoms with Crippen LogP contribution in [0.5, 0.6) is 0 Å². The van der Waals surface area contributed by atoms with E-state index in [-0.39, 0.29) is 29.6 Å². The topological polar surface area (TPSA) is 123 Å². The Bertz CT molecular complexity index is 1450. The molecule has 2 aromatic heterocycles. The van der Waals surface area contributed by atoms with Gasteiger partial charge in [0, 0.05) is 29.6 Å². The molecular formula is C25H27Cl2F3N8O. The number of hydrogen-bond acceptors (Lipinski definition) is 6. The first-order valence-electron chi connectivity index (χ1n) is 11.6. The van der Waals surface area contributed by atoms with Crippen LogP contribution in [0.1, 0.15) is 26.3 Å². The molecule has 0 saturated heterocycles. The Kier molecular flexibility index (Phi) is 8.94. The Morgan fingerprint density at radius 3 is 2.31 bits per heavy atom. The van der Waals surface area contributed by atoms with Crippen molar-refractivity contribution >= 4 is 58.4 Å². The van der Waals surface area contributed by atoms with Gasteiger partial charge in [0.25, 0.3) is 0 Å². The summed E-state index contributed by atoms with van der Waals surface area (Å²) in [6.45, 7) is 6.70. The van der Waals surface area contributed by atoms with E-state index < -0.39 is 22.8 Å². The fourth-order valence-corrected chi connectivity index (χ4v) is 3.71. The Morgan fingerprint density at radius 1 is 1.03 bits per heavy atom. The Hall–Kier alpha value is -3.61. The van der Waals surface area contributed by atoms with Crippen LogP contribution < -0.4 is 21.7 Å². The SMILES string of the molecule is CC(C)(C)[C@H](N)CNc1ncnc2c1ncn2-c1ccc(NC(=O)Nc2ccc(Cl)c(C(F)(F)F)c2)cc1.Cl. The molecule has 208 valence electrons. The first-order valence-corrected chi connectivity index (χ1v) is 11.9. The van der Waals surface area contributed by atoms with Crippen molar-refractivity contribution in [3.63, 3.8) is 0 Å². The molecule has 0 radical (unpaired) electrons. The van der Waals surface area contributed by atoms with E-state index in [4.69, 9.17) is 17.3 Å². The lowest BCUT2D eigenvalue weighted by atomic mass is 9.87. The Morgan fingerprint density at radius 2 is 1.67 bits per heavy atom. The highest BCUT2D eigenvalue weighted by Gasteiger charge is 2.33. The Balaban J connectivity index is 0.00000420. The van der Waals surface area contributed by atoms with Crippen LogP contribution in [0, 0.1) is 5.41 Å². The fourth-order valence-electron chi connectivity index (χ4n) is 3.49. The van der Waals surface area contributed by atoms with Crippen LogP contribution in [0.2, 0.25) is 5.02 Å². The van der Waals surface area contributed by atoms with Gasteiger partial charge in [-0.1, -0.05) is 32.4 Å². The van der Waals surface area contributed by atoms with Crippen LogP contribution >= 0.6 is 24.0 Å². The molecule has 0 saturated carbocycles. The van der Waals surface area contributed by atoms with Crippen molar-refractivity contribution in [3.05, 3.63) is 65.7 Å². The number of halogens is 5. The van der Waals surface area contributed by atoms with Crippen LogP contribution in [0.3, 0.4) is 0 Å². The second-order valence-corrected chi connectivity index (χ2v) is 10.1. The number of aromatic nitrogens is 4. The predicted molar refractivity (Wildman–Crippen MR) is 149 cm³/mol. The second kappa shape index (κ2) is 11.6. The van der Waals surface area contributed by atoms with E-state index in [0.717, 1.165) is 17.8 Å². The average molecular weight is 583 g/mol. The van der Waals surface area contributed by atoms with Gasteiger partial charge in [-0.25, -0.2) is 19.7 Å². The first-order chi connectivity index (χ1) is 17.8. The van der Waals surface area contributed by atoms with Gasteiger partial charge in [-0.3, -0.25) is 4.57 Å². The lowest BCUT2D eigenvalue weighted by Gasteiger charge is -2.27. The average Bonchev–Trinajstić information content (AvgIpc) is 3.27. The monoisotopic (exact) mass is 582 g/mol. The van der Waals surface area contributed by atoms with Gasteiger partial charge in [0.15, 0.2) is 17.0 Å². The molecule has 1 atom stereocenters. The molecule has 0 unspecified atom stereocenters. The zero-order valence-corrected chi connectivity index (χ0v) is 22.7. The predicted octanol–water partition coefficient (Wildman–Crippen LogP) is 6.34. The molecule has 0 spiro atoms. The molecule has 14 heteroatoms. The van der Waals surface area contributed by atoms with E-state index in [2.05, 4.69) is 51.7 Å². The van der Waals surface area contributed by atoms with Gasteiger partial charge in [0.1, 0.15) is 12.7 Å². The minimum atomic E-state index is -4.64. The van der Waals surface area contributed by atoms with Gasteiger partial charge in [0.05, 0.1) is 10.6 Å². The summed E-state index contributed by atoms with van der Waals surface area (Å²) in [6, 6.07) is 9.10. The van der Waals surface area contributed by atoms with Gasteiger partial charge in [0.2, 0.25) is 0 Å². The van der Waals surface area contributed by atoms with Gasteiger partial charge in [-0.2, -0.15) is 13.2 Å². The third-order valence-electron chi connectivity index (χ3n) is 5.87. The number of fused-ring (bicyclic) bond motifs is 1. The largest absolute Gasteiger partial charge is 0.417 e. The molecule has 4 rings (SSSR count). The number of alkyl halides is 3. The highest BCUT2D eigenvalue weighted by atomic mass is 35.5. The molecule has 39 heavy (non-hydrogen) atoms.